The average molecular weight is 277 g/mol. The van der Waals surface area contributed by atoms with Crippen molar-refractivity contribution in [3.63, 3.8) is 0 Å². The number of hydrogen-bond acceptors (Lipinski definition) is 4. The largest absolute Gasteiger partial charge is 0.388 e. The summed E-state index contributed by atoms with van der Waals surface area (Å²) in [4.78, 5) is 15.4. The lowest BCUT2D eigenvalue weighted by molar-refractivity contribution is -0.0146. The molecule has 5 nitrogen and oxygen atoms in total. The van der Waals surface area contributed by atoms with Crippen LogP contribution in [0.15, 0.2) is 18.3 Å². The highest BCUT2D eigenvalue weighted by Gasteiger charge is 2.36. The number of hydrogen-bond donors (Lipinski definition) is 3. The van der Waals surface area contributed by atoms with Crippen LogP contribution in [-0.4, -0.2) is 28.1 Å². The van der Waals surface area contributed by atoms with Crippen LogP contribution in [0.3, 0.4) is 0 Å². The van der Waals surface area contributed by atoms with Crippen LogP contribution in [0.25, 0.3) is 0 Å². The summed E-state index contributed by atoms with van der Waals surface area (Å²) in [6.07, 6.45) is 5.10. The minimum atomic E-state index is -0.734. The molecular weight excluding hydrogens is 254 g/mol. The normalized spacial score (nSPS) is 20.4. The van der Waals surface area contributed by atoms with Crippen LogP contribution in [0.5, 0.6) is 0 Å². The Kier molecular flexibility index (Phi) is 3.99. The lowest BCUT2D eigenvalue weighted by Gasteiger charge is -2.40. The molecule has 0 radical (unpaired) electrons. The standard InChI is InChI=1S/C15H23N3O2/c1-14(2)5-7-15(20,8-6-14)10-18-13-11(12(16)19)4-3-9-17-13/h3-4,9,20H,5-8,10H2,1-2H3,(H2,16,19)(H,17,18). The van der Waals surface area contributed by atoms with E-state index in [-0.39, 0.29) is 0 Å². The van der Waals surface area contributed by atoms with Crippen LogP contribution in [-0.2, 0) is 0 Å². The SMILES string of the molecule is CC1(C)CCC(O)(CNc2ncccc2C(N)=O)CC1. The second-order valence-electron chi connectivity index (χ2n) is 6.51. The fourth-order valence-electron chi connectivity index (χ4n) is 2.56. The minimum Gasteiger partial charge on any atom is -0.388 e. The fraction of sp³-hybridized carbons (Fsp3) is 0.600. The molecule has 0 spiro atoms. The van der Waals surface area contributed by atoms with Crippen molar-refractivity contribution in [1.82, 2.24) is 4.98 Å². The Morgan fingerprint density at radius 3 is 2.65 bits per heavy atom. The summed E-state index contributed by atoms with van der Waals surface area (Å²) in [6, 6.07) is 3.30. The molecule has 1 fully saturated rings. The van der Waals surface area contributed by atoms with Gasteiger partial charge in [-0.2, -0.15) is 0 Å². The van der Waals surface area contributed by atoms with Gasteiger partial charge in [0.05, 0.1) is 11.2 Å². The molecule has 4 N–H and O–H groups in total. The van der Waals surface area contributed by atoms with Crippen LogP contribution in [0.2, 0.25) is 0 Å². The monoisotopic (exact) mass is 277 g/mol. The van der Waals surface area contributed by atoms with E-state index in [1.807, 2.05) is 0 Å². The van der Waals surface area contributed by atoms with Crippen molar-refractivity contribution < 1.29 is 9.90 Å². The van der Waals surface area contributed by atoms with Gasteiger partial charge < -0.3 is 16.2 Å². The summed E-state index contributed by atoms with van der Waals surface area (Å²) in [6.45, 7) is 4.84. The predicted molar refractivity (Wildman–Crippen MR) is 78.4 cm³/mol. The molecule has 1 heterocycles. The van der Waals surface area contributed by atoms with Crippen molar-refractivity contribution in [3.05, 3.63) is 23.9 Å². The number of nitrogens with two attached hydrogens (primary N) is 1. The van der Waals surface area contributed by atoms with Gasteiger partial charge in [0, 0.05) is 12.7 Å². The number of nitrogens with zero attached hydrogens (tertiary/aromatic N) is 1. The molecule has 1 aliphatic rings. The van der Waals surface area contributed by atoms with Crippen molar-refractivity contribution in [2.45, 2.75) is 45.1 Å². The van der Waals surface area contributed by atoms with E-state index in [9.17, 15) is 9.90 Å². The number of carbonyl (C=O) groups excluding carboxylic acids is 1. The summed E-state index contributed by atoms with van der Waals surface area (Å²) >= 11 is 0. The first kappa shape index (κ1) is 14.8. The molecule has 110 valence electrons. The summed E-state index contributed by atoms with van der Waals surface area (Å²) in [5.74, 6) is -0.0735. The number of aromatic nitrogens is 1. The highest BCUT2D eigenvalue weighted by molar-refractivity contribution is 5.97. The van der Waals surface area contributed by atoms with E-state index in [1.54, 1.807) is 18.3 Å². The van der Waals surface area contributed by atoms with E-state index in [1.165, 1.54) is 0 Å². The van der Waals surface area contributed by atoms with Gasteiger partial charge in [-0.05, 0) is 43.2 Å². The van der Waals surface area contributed by atoms with E-state index in [2.05, 4.69) is 24.1 Å². The Balaban J connectivity index is 2.01. The smallest absolute Gasteiger partial charge is 0.252 e. The number of pyridine rings is 1. The molecule has 1 aliphatic carbocycles. The molecule has 0 atom stereocenters. The third-order valence-electron chi connectivity index (χ3n) is 4.19. The molecule has 0 aromatic carbocycles. The lowest BCUT2D eigenvalue weighted by atomic mass is 9.71. The molecule has 20 heavy (non-hydrogen) atoms. The quantitative estimate of drug-likeness (QED) is 0.784. The second kappa shape index (κ2) is 5.40. The highest BCUT2D eigenvalue weighted by atomic mass is 16.3. The first-order valence-corrected chi connectivity index (χ1v) is 7.02. The lowest BCUT2D eigenvalue weighted by Crippen LogP contribution is -2.42. The zero-order valence-corrected chi connectivity index (χ0v) is 12.1. The van der Waals surface area contributed by atoms with Gasteiger partial charge in [-0.25, -0.2) is 4.98 Å². The van der Waals surface area contributed by atoms with Gasteiger partial charge in [-0.1, -0.05) is 13.8 Å². The van der Waals surface area contributed by atoms with Gasteiger partial charge in [0.1, 0.15) is 5.82 Å². The van der Waals surface area contributed by atoms with E-state index < -0.39 is 11.5 Å². The Bertz CT molecular complexity index is 490. The molecule has 0 saturated heterocycles. The van der Waals surface area contributed by atoms with E-state index in [4.69, 9.17) is 5.73 Å². The molecule has 2 rings (SSSR count). The predicted octanol–water partition coefficient (Wildman–Crippen LogP) is 1.92. The van der Waals surface area contributed by atoms with Gasteiger partial charge in [0.2, 0.25) is 0 Å². The number of amides is 1. The van der Waals surface area contributed by atoms with Gasteiger partial charge in [0.15, 0.2) is 0 Å². The van der Waals surface area contributed by atoms with Gasteiger partial charge in [0.25, 0.3) is 5.91 Å². The average Bonchev–Trinajstić information content (AvgIpc) is 2.41. The fourth-order valence-corrected chi connectivity index (χ4v) is 2.56. The second-order valence-corrected chi connectivity index (χ2v) is 6.51. The van der Waals surface area contributed by atoms with Gasteiger partial charge >= 0.3 is 0 Å². The van der Waals surface area contributed by atoms with Gasteiger partial charge in [-0.3, -0.25) is 4.79 Å². The van der Waals surface area contributed by atoms with Crippen LogP contribution in [0.1, 0.15) is 49.9 Å². The number of nitrogens with one attached hydrogen (secondary N) is 1. The maximum Gasteiger partial charge on any atom is 0.252 e. The Labute approximate surface area is 119 Å². The van der Waals surface area contributed by atoms with Crippen molar-refractivity contribution in [1.29, 1.82) is 0 Å². The maximum absolute atomic E-state index is 11.3. The van der Waals surface area contributed by atoms with Crippen LogP contribution in [0.4, 0.5) is 5.82 Å². The summed E-state index contributed by atoms with van der Waals surface area (Å²) in [5.41, 5.74) is 5.23. The van der Waals surface area contributed by atoms with Crippen molar-refractivity contribution in [3.8, 4) is 0 Å². The molecule has 1 amide bonds. The summed E-state index contributed by atoms with van der Waals surface area (Å²) in [5, 5.41) is 13.7. The molecule has 1 saturated carbocycles. The number of carbonyl (C=O) groups is 1. The third kappa shape index (κ3) is 3.48. The highest BCUT2D eigenvalue weighted by Crippen LogP contribution is 2.40. The number of primary amides is 1. The van der Waals surface area contributed by atoms with Gasteiger partial charge in [-0.15, -0.1) is 0 Å². The number of rotatable bonds is 4. The molecule has 0 aliphatic heterocycles. The molecule has 1 aromatic rings. The zero-order valence-electron chi connectivity index (χ0n) is 12.1. The third-order valence-corrected chi connectivity index (χ3v) is 4.19. The topological polar surface area (TPSA) is 88.2 Å². The molecular formula is C15H23N3O2. The Morgan fingerprint density at radius 1 is 1.40 bits per heavy atom. The van der Waals surface area contributed by atoms with Crippen LogP contribution < -0.4 is 11.1 Å². The minimum absolute atomic E-state index is 0.301. The van der Waals surface area contributed by atoms with E-state index >= 15 is 0 Å². The van der Waals surface area contributed by atoms with E-state index in [0.29, 0.717) is 23.3 Å². The Hall–Kier alpha value is -1.62. The van der Waals surface area contributed by atoms with Crippen molar-refractivity contribution >= 4 is 11.7 Å². The number of aliphatic hydroxyl groups is 1. The number of anilines is 1. The summed E-state index contributed by atoms with van der Waals surface area (Å²) < 4.78 is 0. The molecule has 5 heteroatoms. The van der Waals surface area contributed by atoms with Crippen molar-refractivity contribution in [2.75, 3.05) is 11.9 Å². The first-order valence-electron chi connectivity index (χ1n) is 7.02. The first-order chi connectivity index (χ1) is 9.31. The summed E-state index contributed by atoms with van der Waals surface area (Å²) in [7, 11) is 0. The zero-order chi connectivity index (χ0) is 14.8. The van der Waals surface area contributed by atoms with Crippen LogP contribution >= 0.6 is 0 Å². The maximum atomic E-state index is 11.3. The molecule has 1 aromatic heterocycles. The van der Waals surface area contributed by atoms with E-state index in [0.717, 1.165) is 25.7 Å². The Morgan fingerprint density at radius 2 is 2.05 bits per heavy atom. The molecule has 0 bridgehead atoms. The van der Waals surface area contributed by atoms with Crippen LogP contribution in [0, 0.1) is 5.41 Å². The molecule has 0 unspecified atom stereocenters. The van der Waals surface area contributed by atoms with Crippen molar-refractivity contribution in [2.24, 2.45) is 11.1 Å².